The fraction of sp³-hybridized carbons (Fsp3) is 0.484. The smallest absolute Gasteiger partial charge is 0.331 e. The first kappa shape index (κ1) is 29.2. The van der Waals surface area contributed by atoms with Gasteiger partial charge in [-0.1, -0.05) is 26.0 Å². The van der Waals surface area contributed by atoms with Crippen molar-refractivity contribution < 1.29 is 4.79 Å². The number of nitrogens with zero attached hydrogens (tertiary/aromatic N) is 2. The van der Waals surface area contributed by atoms with E-state index in [1.165, 1.54) is 32.5 Å². The molecule has 0 amide bonds. The van der Waals surface area contributed by atoms with Crippen molar-refractivity contribution in [2.45, 2.75) is 92.4 Å². The maximum atomic E-state index is 13.2. The quantitative estimate of drug-likeness (QED) is 0.493. The summed E-state index contributed by atoms with van der Waals surface area (Å²) in [5.41, 5.74) is 12.7. The minimum atomic E-state index is -0.546. The lowest BCUT2D eigenvalue weighted by Gasteiger charge is -2.37. The Hall–Kier alpha value is -3.32. The molecule has 4 rings (SSSR count). The minimum absolute atomic E-state index is 0.246. The summed E-state index contributed by atoms with van der Waals surface area (Å²) in [6.07, 6.45) is 5.19. The average Bonchev–Trinajstić information content (AvgIpc) is 2.85. The Labute approximate surface area is 225 Å². The van der Waals surface area contributed by atoms with Crippen molar-refractivity contribution in [1.29, 1.82) is 0 Å². The Morgan fingerprint density at radius 1 is 1.08 bits per heavy atom. The fourth-order valence-electron chi connectivity index (χ4n) is 5.77. The van der Waals surface area contributed by atoms with E-state index < -0.39 is 16.7 Å². The Balaban J connectivity index is 0.00000127. The number of aryl methyl sites for hydroxylation is 4. The van der Waals surface area contributed by atoms with Gasteiger partial charge in [-0.2, -0.15) is 9.78 Å². The van der Waals surface area contributed by atoms with Gasteiger partial charge in [0.25, 0.3) is 5.56 Å². The lowest BCUT2D eigenvalue weighted by atomic mass is 9.65. The van der Waals surface area contributed by atoms with E-state index in [0.29, 0.717) is 17.9 Å². The number of fused-ring (bicyclic) bond motifs is 1. The predicted molar refractivity (Wildman–Crippen MR) is 154 cm³/mol. The number of ketones is 1. The van der Waals surface area contributed by atoms with Gasteiger partial charge in [0.15, 0.2) is 0 Å². The SMILES string of the molecule is CCCC(=O)C1(C)CCCc2c(Cc3c(C)cc(-n4nc(C)c(=O)[nH]c4=O)cc3C)ccc(C)c21.CCN. The topological polar surface area (TPSA) is 111 Å². The number of aromatic nitrogens is 3. The first-order chi connectivity index (χ1) is 18.0. The molecule has 3 aromatic rings. The molecule has 1 heterocycles. The van der Waals surface area contributed by atoms with E-state index >= 15 is 0 Å². The highest BCUT2D eigenvalue weighted by Gasteiger charge is 2.39. The van der Waals surface area contributed by atoms with Gasteiger partial charge in [-0.25, -0.2) is 4.79 Å². The number of nitrogens with two attached hydrogens (primary N) is 1. The molecule has 0 aliphatic heterocycles. The van der Waals surface area contributed by atoms with Crippen molar-refractivity contribution in [3.63, 3.8) is 0 Å². The Bertz CT molecular complexity index is 1430. The molecule has 7 heteroatoms. The minimum Gasteiger partial charge on any atom is -0.331 e. The molecule has 1 aromatic heterocycles. The summed E-state index contributed by atoms with van der Waals surface area (Å²) in [5, 5.41) is 4.18. The molecule has 0 radical (unpaired) electrons. The van der Waals surface area contributed by atoms with E-state index in [4.69, 9.17) is 5.73 Å². The van der Waals surface area contributed by atoms with Gasteiger partial charge < -0.3 is 5.73 Å². The first-order valence-electron chi connectivity index (χ1n) is 13.6. The van der Waals surface area contributed by atoms with Crippen molar-refractivity contribution in [2.24, 2.45) is 5.73 Å². The molecule has 2 aromatic carbocycles. The molecule has 0 saturated carbocycles. The summed E-state index contributed by atoms with van der Waals surface area (Å²) in [7, 11) is 0. The van der Waals surface area contributed by atoms with Crippen LogP contribution in [0.15, 0.2) is 33.9 Å². The van der Waals surface area contributed by atoms with Crippen molar-refractivity contribution in [1.82, 2.24) is 14.8 Å². The molecule has 1 unspecified atom stereocenters. The summed E-state index contributed by atoms with van der Waals surface area (Å²) in [6.45, 7) is 14.7. The van der Waals surface area contributed by atoms with Gasteiger partial charge in [-0.05, 0) is 124 Å². The monoisotopic (exact) mass is 518 g/mol. The second-order valence-corrected chi connectivity index (χ2v) is 10.7. The number of benzene rings is 2. The number of H-pyrrole nitrogens is 1. The van der Waals surface area contributed by atoms with Crippen LogP contribution in [0.1, 0.15) is 91.1 Å². The molecule has 3 N–H and O–H groups in total. The van der Waals surface area contributed by atoms with Crippen LogP contribution in [0.25, 0.3) is 5.69 Å². The number of hydrogen-bond acceptors (Lipinski definition) is 5. The van der Waals surface area contributed by atoms with Gasteiger partial charge in [0.2, 0.25) is 0 Å². The second-order valence-electron chi connectivity index (χ2n) is 10.7. The van der Waals surface area contributed by atoms with Crippen LogP contribution in [-0.4, -0.2) is 27.1 Å². The van der Waals surface area contributed by atoms with Crippen molar-refractivity contribution in [3.8, 4) is 5.69 Å². The van der Waals surface area contributed by atoms with Crippen molar-refractivity contribution in [2.75, 3.05) is 6.54 Å². The van der Waals surface area contributed by atoms with Crippen LogP contribution < -0.4 is 17.0 Å². The van der Waals surface area contributed by atoms with Crippen LogP contribution >= 0.6 is 0 Å². The molecular weight excluding hydrogens is 476 g/mol. The van der Waals surface area contributed by atoms with E-state index in [-0.39, 0.29) is 5.69 Å². The average molecular weight is 519 g/mol. The molecule has 0 bridgehead atoms. The molecule has 0 spiro atoms. The van der Waals surface area contributed by atoms with Crippen LogP contribution in [0.2, 0.25) is 0 Å². The van der Waals surface area contributed by atoms with E-state index in [2.05, 4.69) is 43.0 Å². The van der Waals surface area contributed by atoms with Crippen LogP contribution in [0.4, 0.5) is 0 Å². The maximum Gasteiger partial charge on any atom is 0.349 e. The number of hydrogen-bond donors (Lipinski definition) is 2. The van der Waals surface area contributed by atoms with Crippen LogP contribution in [0, 0.1) is 27.7 Å². The number of carbonyl (C=O) groups excluding carboxylic acids is 1. The standard InChI is InChI=1S/C29H35N3O3.C2H7N/c1-7-9-25(33)29(6)13-8-10-23-21(12-11-17(2)26(23)29)16-24-18(3)14-22(15-19(24)4)32-28(35)30-27(34)20(5)31-32;1-2-3/h11-12,14-15H,7-10,13,16H2,1-6H3,(H,30,34,35);2-3H2,1H3. The summed E-state index contributed by atoms with van der Waals surface area (Å²) in [6, 6.07) is 8.28. The lowest BCUT2D eigenvalue weighted by molar-refractivity contribution is -0.124. The highest BCUT2D eigenvalue weighted by atomic mass is 16.2. The first-order valence-corrected chi connectivity index (χ1v) is 13.6. The number of nitrogens with one attached hydrogen (secondary N) is 1. The molecule has 204 valence electrons. The van der Waals surface area contributed by atoms with Gasteiger partial charge in [0, 0.05) is 6.42 Å². The van der Waals surface area contributed by atoms with Gasteiger partial charge in [-0.3, -0.25) is 14.6 Å². The Kier molecular flexibility index (Phi) is 9.26. The molecular formula is C31H42N4O3. The van der Waals surface area contributed by atoms with Crippen LogP contribution in [0.5, 0.6) is 0 Å². The molecule has 1 atom stereocenters. The highest BCUT2D eigenvalue weighted by molar-refractivity contribution is 5.91. The molecule has 7 nitrogen and oxygen atoms in total. The zero-order valence-corrected chi connectivity index (χ0v) is 24.0. The zero-order chi connectivity index (χ0) is 28.2. The summed E-state index contributed by atoms with van der Waals surface area (Å²) in [5.74, 6) is 0.354. The third-order valence-corrected chi connectivity index (χ3v) is 7.65. The molecule has 0 fully saturated rings. The van der Waals surface area contributed by atoms with Gasteiger partial charge in [-0.15, -0.1) is 0 Å². The van der Waals surface area contributed by atoms with E-state index in [9.17, 15) is 14.4 Å². The number of rotatable bonds is 6. The summed E-state index contributed by atoms with van der Waals surface area (Å²) in [4.78, 5) is 39.6. The van der Waals surface area contributed by atoms with E-state index in [1.54, 1.807) is 6.92 Å². The van der Waals surface area contributed by atoms with Gasteiger partial charge >= 0.3 is 5.69 Å². The number of Topliss-reactive ketones (excluding diaryl/α,β-unsaturated/α-hetero) is 1. The van der Waals surface area contributed by atoms with Gasteiger partial charge in [0.1, 0.15) is 11.5 Å². The predicted octanol–water partition coefficient (Wildman–Crippen LogP) is 4.67. The third-order valence-electron chi connectivity index (χ3n) is 7.65. The van der Waals surface area contributed by atoms with Crippen molar-refractivity contribution >= 4 is 5.78 Å². The Morgan fingerprint density at radius 2 is 1.71 bits per heavy atom. The zero-order valence-electron chi connectivity index (χ0n) is 24.0. The summed E-state index contributed by atoms with van der Waals surface area (Å²) >= 11 is 0. The molecule has 0 saturated heterocycles. The van der Waals surface area contributed by atoms with E-state index in [1.807, 2.05) is 32.9 Å². The van der Waals surface area contributed by atoms with E-state index in [0.717, 1.165) is 49.8 Å². The van der Waals surface area contributed by atoms with Crippen LogP contribution in [-0.2, 0) is 23.1 Å². The number of carbonyl (C=O) groups is 1. The largest absolute Gasteiger partial charge is 0.349 e. The fourth-order valence-corrected chi connectivity index (χ4v) is 5.77. The maximum absolute atomic E-state index is 13.2. The highest BCUT2D eigenvalue weighted by Crippen LogP contribution is 2.42. The molecule has 38 heavy (non-hydrogen) atoms. The van der Waals surface area contributed by atoms with Crippen molar-refractivity contribution in [3.05, 3.63) is 89.7 Å². The summed E-state index contributed by atoms with van der Waals surface area (Å²) < 4.78 is 1.25. The molecule has 1 aliphatic carbocycles. The third kappa shape index (κ3) is 5.73. The van der Waals surface area contributed by atoms with Crippen LogP contribution in [0.3, 0.4) is 0 Å². The normalized spacial score (nSPS) is 16.4. The number of aromatic amines is 1. The van der Waals surface area contributed by atoms with Gasteiger partial charge in [0.05, 0.1) is 11.1 Å². The molecule has 1 aliphatic rings. The Morgan fingerprint density at radius 3 is 2.32 bits per heavy atom. The second kappa shape index (κ2) is 12.0. The lowest BCUT2D eigenvalue weighted by Crippen LogP contribution is -2.37.